The number of thiol groups is 1. The minimum Gasteiger partial charge on any atom is -0.173 e. The fourth-order valence-corrected chi connectivity index (χ4v) is 1.50. The Morgan fingerprint density at radius 1 is 1.06 bits per heavy atom. The fraction of sp³-hybridized carbons (Fsp3) is 0.867. The number of hydrogen-bond donors (Lipinski definition) is 1. The summed E-state index contributed by atoms with van der Waals surface area (Å²) in [5.74, 6) is 0.546. The molecular weight excluding hydrogens is 212 g/mol. The van der Waals surface area contributed by atoms with Crippen molar-refractivity contribution in [3.63, 3.8) is 0 Å². The third-order valence-electron chi connectivity index (χ3n) is 4.52. The molecule has 0 aromatic rings. The maximum atomic E-state index is 4.65. The van der Waals surface area contributed by atoms with E-state index in [1.165, 1.54) is 5.57 Å². The highest BCUT2D eigenvalue weighted by Crippen LogP contribution is 2.46. The Hall–Kier alpha value is 0.0900. The Balaban J connectivity index is 4.73. The van der Waals surface area contributed by atoms with Gasteiger partial charge in [-0.15, -0.1) is 0 Å². The first-order valence-corrected chi connectivity index (χ1v) is 6.65. The largest absolute Gasteiger partial charge is 0.173 e. The van der Waals surface area contributed by atoms with Gasteiger partial charge < -0.3 is 0 Å². The van der Waals surface area contributed by atoms with Crippen LogP contribution >= 0.6 is 12.6 Å². The average Bonchev–Trinajstić information content (AvgIpc) is 1.99. The van der Waals surface area contributed by atoms with Crippen molar-refractivity contribution in [1.82, 2.24) is 0 Å². The third-order valence-corrected chi connectivity index (χ3v) is 4.96. The van der Waals surface area contributed by atoms with Gasteiger partial charge in [-0.1, -0.05) is 67.5 Å². The molecule has 0 nitrogen and oxygen atoms in total. The number of hydrogen-bond acceptors (Lipinski definition) is 1. The van der Waals surface area contributed by atoms with Crippen LogP contribution in [0.4, 0.5) is 0 Å². The van der Waals surface area contributed by atoms with Crippen LogP contribution in [0.15, 0.2) is 12.2 Å². The summed E-state index contributed by atoms with van der Waals surface area (Å²) in [5, 5.41) is 0. The lowest BCUT2D eigenvalue weighted by atomic mass is 9.63. The predicted octanol–water partition coefficient (Wildman–Crippen LogP) is 5.35. The van der Waals surface area contributed by atoms with Gasteiger partial charge in [0.25, 0.3) is 0 Å². The van der Waals surface area contributed by atoms with E-state index < -0.39 is 0 Å². The molecule has 0 radical (unpaired) electrons. The maximum Gasteiger partial charge on any atom is 0.0102 e. The SMILES string of the molecule is C=C(CC(C)C(C)(C)S)C(C)(C)C(C)(C)C. The van der Waals surface area contributed by atoms with Crippen LogP contribution in [0.1, 0.15) is 61.8 Å². The summed E-state index contributed by atoms with van der Waals surface area (Å²) in [5.41, 5.74) is 1.76. The van der Waals surface area contributed by atoms with Crippen LogP contribution in [-0.2, 0) is 0 Å². The summed E-state index contributed by atoms with van der Waals surface area (Å²) in [6.45, 7) is 22.4. The lowest BCUT2D eigenvalue weighted by Gasteiger charge is -2.42. The van der Waals surface area contributed by atoms with E-state index in [9.17, 15) is 0 Å². The van der Waals surface area contributed by atoms with Gasteiger partial charge in [0.2, 0.25) is 0 Å². The van der Waals surface area contributed by atoms with Crippen LogP contribution in [0.25, 0.3) is 0 Å². The molecule has 0 aromatic carbocycles. The minimum atomic E-state index is 0.0664. The van der Waals surface area contributed by atoms with Crippen molar-refractivity contribution in [3.05, 3.63) is 12.2 Å². The highest BCUT2D eigenvalue weighted by atomic mass is 32.1. The lowest BCUT2D eigenvalue weighted by Crippen LogP contribution is -2.33. The van der Waals surface area contributed by atoms with Crippen molar-refractivity contribution in [2.24, 2.45) is 16.7 Å². The van der Waals surface area contributed by atoms with E-state index in [2.05, 4.69) is 74.6 Å². The van der Waals surface area contributed by atoms with E-state index in [-0.39, 0.29) is 15.6 Å². The highest BCUT2D eigenvalue weighted by molar-refractivity contribution is 7.81. The van der Waals surface area contributed by atoms with Gasteiger partial charge in [-0.05, 0) is 23.2 Å². The van der Waals surface area contributed by atoms with Gasteiger partial charge >= 0.3 is 0 Å². The topological polar surface area (TPSA) is 0 Å². The van der Waals surface area contributed by atoms with Crippen molar-refractivity contribution in [2.75, 3.05) is 0 Å². The Labute approximate surface area is 108 Å². The molecule has 0 aliphatic rings. The second kappa shape index (κ2) is 4.76. The van der Waals surface area contributed by atoms with E-state index in [1.54, 1.807) is 0 Å². The normalized spacial score (nSPS) is 16.1. The molecule has 0 saturated carbocycles. The van der Waals surface area contributed by atoms with Crippen molar-refractivity contribution in [2.45, 2.75) is 66.6 Å². The number of allylic oxidation sites excluding steroid dienone is 1. The highest BCUT2D eigenvalue weighted by Gasteiger charge is 2.36. The average molecular weight is 242 g/mol. The van der Waals surface area contributed by atoms with Crippen LogP contribution < -0.4 is 0 Å². The smallest absolute Gasteiger partial charge is 0.0102 e. The van der Waals surface area contributed by atoms with Gasteiger partial charge in [-0.3, -0.25) is 0 Å². The van der Waals surface area contributed by atoms with E-state index in [4.69, 9.17) is 0 Å². The Bertz CT molecular complexity index is 248. The molecule has 0 aliphatic heterocycles. The molecule has 0 saturated heterocycles. The van der Waals surface area contributed by atoms with E-state index in [1.807, 2.05) is 0 Å². The van der Waals surface area contributed by atoms with Gasteiger partial charge in [0.05, 0.1) is 0 Å². The molecule has 1 heteroatoms. The molecule has 1 unspecified atom stereocenters. The van der Waals surface area contributed by atoms with Crippen molar-refractivity contribution in [3.8, 4) is 0 Å². The monoisotopic (exact) mass is 242 g/mol. The molecule has 0 bridgehead atoms. The second-order valence-electron chi connectivity index (χ2n) is 7.24. The molecule has 0 N–H and O–H groups in total. The van der Waals surface area contributed by atoms with Crippen LogP contribution in [0, 0.1) is 16.7 Å². The van der Waals surface area contributed by atoms with Gasteiger partial charge in [-0.2, -0.15) is 12.6 Å². The molecule has 0 spiro atoms. The van der Waals surface area contributed by atoms with Crippen molar-refractivity contribution in [1.29, 1.82) is 0 Å². The molecule has 1 atom stereocenters. The Kier molecular flexibility index (Phi) is 4.79. The van der Waals surface area contributed by atoms with E-state index >= 15 is 0 Å². The molecule has 16 heavy (non-hydrogen) atoms. The van der Waals surface area contributed by atoms with Crippen LogP contribution in [0.3, 0.4) is 0 Å². The zero-order valence-corrected chi connectivity index (χ0v) is 13.3. The molecule has 0 amide bonds. The first-order chi connectivity index (χ1) is 6.80. The molecule has 0 aliphatic carbocycles. The third kappa shape index (κ3) is 3.84. The Morgan fingerprint density at radius 3 is 1.69 bits per heavy atom. The fourth-order valence-electron chi connectivity index (χ4n) is 1.40. The zero-order chi connectivity index (χ0) is 13.4. The number of rotatable bonds is 4. The second-order valence-corrected chi connectivity index (χ2v) is 8.39. The molecule has 0 rings (SSSR count). The van der Waals surface area contributed by atoms with Crippen LogP contribution in [0.5, 0.6) is 0 Å². The van der Waals surface area contributed by atoms with Gasteiger partial charge in [0.15, 0.2) is 0 Å². The summed E-state index contributed by atoms with van der Waals surface area (Å²) in [4.78, 5) is 0. The summed E-state index contributed by atoms with van der Waals surface area (Å²) in [6, 6.07) is 0. The quantitative estimate of drug-likeness (QED) is 0.498. The summed E-state index contributed by atoms with van der Waals surface area (Å²) in [7, 11) is 0. The molecular formula is C15H30S. The van der Waals surface area contributed by atoms with Gasteiger partial charge in [0, 0.05) is 4.75 Å². The predicted molar refractivity (Wildman–Crippen MR) is 79.2 cm³/mol. The van der Waals surface area contributed by atoms with Crippen LogP contribution in [-0.4, -0.2) is 4.75 Å². The van der Waals surface area contributed by atoms with E-state index in [0.29, 0.717) is 5.92 Å². The van der Waals surface area contributed by atoms with Crippen LogP contribution in [0.2, 0.25) is 0 Å². The maximum absolute atomic E-state index is 4.65. The molecule has 96 valence electrons. The minimum absolute atomic E-state index is 0.0664. The van der Waals surface area contributed by atoms with Crippen molar-refractivity contribution < 1.29 is 0 Å². The summed E-state index contributed by atoms with van der Waals surface area (Å²) < 4.78 is 0.0664. The zero-order valence-electron chi connectivity index (χ0n) is 12.4. The van der Waals surface area contributed by atoms with Gasteiger partial charge in [-0.25, -0.2) is 0 Å². The first kappa shape index (κ1) is 16.1. The van der Waals surface area contributed by atoms with Gasteiger partial charge in [0.1, 0.15) is 0 Å². The lowest BCUT2D eigenvalue weighted by molar-refractivity contribution is 0.167. The standard InChI is InChI=1S/C15H30S/c1-11(10-12(2)15(8,9)16)14(6,7)13(3,4)5/h12,16H,1,10H2,2-9H3. The first-order valence-electron chi connectivity index (χ1n) is 6.20. The molecule has 0 heterocycles. The summed E-state index contributed by atoms with van der Waals surface area (Å²) in [6.07, 6.45) is 1.06. The van der Waals surface area contributed by atoms with Crippen molar-refractivity contribution >= 4 is 12.6 Å². The van der Waals surface area contributed by atoms with E-state index in [0.717, 1.165) is 6.42 Å². The molecule has 0 aromatic heterocycles. The Morgan fingerprint density at radius 2 is 1.44 bits per heavy atom. The molecule has 0 fully saturated rings. The summed E-state index contributed by atoms with van der Waals surface area (Å²) >= 11 is 4.65.